The van der Waals surface area contributed by atoms with E-state index in [2.05, 4.69) is 25.7 Å². The molecule has 4 rings (SSSR count). The lowest BCUT2D eigenvalue weighted by molar-refractivity contribution is -0.383. The third kappa shape index (κ3) is 5.38. The van der Waals surface area contributed by atoms with Crippen molar-refractivity contribution in [3.05, 3.63) is 100.0 Å². The van der Waals surface area contributed by atoms with Crippen LogP contribution in [0.4, 0.5) is 47.7 Å². The Labute approximate surface area is 201 Å². The Morgan fingerprint density at radius 3 is 1.97 bits per heavy atom. The number of pyridine rings is 1. The summed E-state index contributed by atoms with van der Waals surface area (Å²) in [6, 6.07) is 18.7. The summed E-state index contributed by atoms with van der Waals surface area (Å²) in [4.78, 5) is 22.8. The number of hydrogen-bond acceptors (Lipinski definition) is 8. The topological polar surface area (TPSA) is 109 Å². The summed E-state index contributed by atoms with van der Waals surface area (Å²) in [6.07, 6.45) is -3.03. The normalized spacial score (nSPS) is 11.1. The number of nitro groups is 1. The van der Waals surface area contributed by atoms with Crippen LogP contribution in [0.2, 0.25) is 5.02 Å². The summed E-state index contributed by atoms with van der Waals surface area (Å²) in [5.74, 6) is -0.735. The van der Waals surface area contributed by atoms with Crippen molar-refractivity contribution in [2.24, 2.45) is 0 Å². The smallest absolute Gasteiger partial charge is 0.318 e. The van der Waals surface area contributed by atoms with Gasteiger partial charge in [-0.05, 0) is 30.3 Å². The Balaban J connectivity index is 1.73. The third-order valence-electron chi connectivity index (χ3n) is 4.66. The highest BCUT2D eigenvalue weighted by Gasteiger charge is 2.32. The number of para-hydroxylation sites is 2. The Hall–Kier alpha value is -4.45. The highest BCUT2D eigenvalue weighted by Crippen LogP contribution is 2.37. The van der Waals surface area contributed by atoms with Gasteiger partial charge in [-0.15, -0.1) is 0 Å². The first-order valence-electron chi connectivity index (χ1n) is 9.90. The molecule has 0 radical (unpaired) electrons. The Kier molecular flexibility index (Phi) is 6.64. The number of anilines is 5. The van der Waals surface area contributed by atoms with Gasteiger partial charge in [0.1, 0.15) is 6.33 Å². The van der Waals surface area contributed by atoms with E-state index in [4.69, 9.17) is 11.6 Å². The Morgan fingerprint density at radius 1 is 0.886 bits per heavy atom. The monoisotopic (exact) mass is 501 g/mol. The number of nitrogens with zero attached hydrogens (tertiary/aromatic N) is 5. The first-order valence-corrected chi connectivity index (χ1v) is 10.3. The minimum atomic E-state index is -4.65. The van der Waals surface area contributed by atoms with Crippen LogP contribution in [0.5, 0.6) is 0 Å². The predicted octanol–water partition coefficient (Wildman–Crippen LogP) is 6.36. The maximum atomic E-state index is 12.9. The van der Waals surface area contributed by atoms with E-state index in [9.17, 15) is 23.3 Å². The molecule has 0 aliphatic heterocycles. The van der Waals surface area contributed by atoms with Crippen LogP contribution >= 0.6 is 11.6 Å². The molecule has 0 saturated carbocycles. The van der Waals surface area contributed by atoms with Gasteiger partial charge >= 0.3 is 11.9 Å². The zero-order valence-corrected chi connectivity index (χ0v) is 18.3. The number of aromatic nitrogens is 3. The summed E-state index contributed by atoms with van der Waals surface area (Å²) in [5.41, 5.74) is 2.62. The lowest BCUT2D eigenvalue weighted by atomic mass is 10.2. The van der Waals surface area contributed by atoms with Gasteiger partial charge in [0, 0.05) is 6.20 Å². The number of benzene rings is 2. The van der Waals surface area contributed by atoms with E-state index in [-0.39, 0.29) is 17.5 Å². The van der Waals surface area contributed by atoms with Crippen LogP contribution in [0.1, 0.15) is 5.56 Å². The highest BCUT2D eigenvalue weighted by molar-refractivity contribution is 6.33. The lowest BCUT2D eigenvalue weighted by Gasteiger charge is -2.26. The van der Waals surface area contributed by atoms with Crippen LogP contribution in [-0.2, 0) is 6.18 Å². The summed E-state index contributed by atoms with van der Waals surface area (Å²) in [7, 11) is 0. The van der Waals surface area contributed by atoms with Gasteiger partial charge in [0.25, 0.3) is 0 Å². The molecule has 2 heterocycles. The van der Waals surface area contributed by atoms with Gasteiger partial charge in [-0.25, -0.2) is 15.0 Å². The van der Waals surface area contributed by atoms with Gasteiger partial charge in [0.05, 0.1) is 26.9 Å². The van der Waals surface area contributed by atoms with Crippen LogP contribution in [0.3, 0.4) is 0 Å². The van der Waals surface area contributed by atoms with E-state index in [1.165, 1.54) is 0 Å². The van der Waals surface area contributed by atoms with Gasteiger partial charge in [0.2, 0.25) is 11.6 Å². The molecule has 0 saturated heterocycles. The SMILES string of the molecule is O=[N+]([O-])c1c(Nc2ncc(C(F)(F)F)cc2Cl)ncnc1NN(c1ccccc1)c1ccccc1. The molecular weight excluding hydrogens is 487 g/mol. The standard InChI is InChI=1S/C22H15ClF3N7O2/c23-17-11-14(22(24,25)26)12-27-19(17)30-20-18(33(34)35)21(29-13-28-20)31-32(15-7-3-1-4-8-15)16-9-5-2-6-10-16/h1-13H,(H2,27,28,29,30,31). The van der Waals surface area contributed by atoms with E-state index in [1.807, 2.05) is 12.1 Å². The van der Waals surface area contributed by atoms with Crippen LogP contribution in [0.15, 0.2) is 79.3 Å². The number of alkyl halides is 3. The average molecular weight is 502 g/mol. The van der Waals surface area contributed by atoms with Crippen molar-refractivity contribution in [1.82, 2.24) is 15.0 Å². The summed E-state index contributed by atoms with van der Waals surface area (Å²) < 4.78 is 38.7. The molecule has 0 aliphatic carbocycles. The first-order chi connectivity index (χ1) is 16.7. The molecule has 0 aliphatic rings. The predicted molar refractivity (Wildman–Crippen MR) is 125 cm³/mol. The van der Waals surface area contributed by atoms with E-state index in [0.29, 0.717) is 23.6 Å². The molecular formula is C22H15ClF3N7O2. The van der Waals surface area contributed by atoms with Crippen LogP contribution in [-0.4, -0.2) is 19.9 Å². The van der Waals surface area contributed by atoms with Crippen LogP contribution < -0.4 is 15.8 Å². The maximum absolute atomic E-state index is 12.9. The minimum Gasteiger partial charge on any atom is -0.318 e. The second-order valence-electron chi connectivity index (χ2n) is 6.97. The van der Waals surface area contributed by atoms with Crippen molar-refractivity contribution >= 4 is 46.1 Å². The largest absolute Gasteiger partial charge is 0.417 e. The number of hydrogen-bond donors (Lipinski definition) is 2. The quantitative estimate of drug-likeness (QED) is 0.222. The Morgan fingerprint density at radius 2 is 1.46 bits per heavy atom. The second-order valence-corrected chi connectivity index (χ2v) is 7.38. The molecule has 2 aromatic heterocycles. The summed E-state index contributed by atoms with van der Waals surface area (Å²) in [6.45, 7) is 0. The molecule has 35 heavy (non-hydrogen) atoms. The first kappa shape index (κ1) is 23.7. The van der Waals surface area contributed by atoms with Gasteiger partial charge in [-0.3, -0.25) is 20.5 Å². The molecule has 0 fully saturated rings. The zero-order chi connectivity index (χ0) is 25.0. The number of hydrazine groups is 1. The zero-order valence-electron chi connectivity index (χ0n) is 17.6. The van der Waals surface area contributed by atoms with Gasteiger partial charge in [-0.1, -0.05) is 48.0 Å². The molecule has 13 heteroatoms. The summed E-state index contributed by atoms with van der Waals surface area (Å²) >= 11 is 5.94. The second kappa shape index (κ2) is 9.81. The van der Waals surface area contributed by atoms with Crippen LogP contribution in [0.25, 0.3) is 0 Å². The van der Waals surface area contributed by atoms with E-state index < -0.39 is 27.4 Å². The number of rotatable bonds is 7. The van der Waals surface area contributed by atoms with E-state index in [1.54, 1.807) is 53.5 Å². The molecule has 9 nitrogen and oxygen atoms in total. The number of halogens is 4. The number of nitrogens with one attached hydrogen (secondary N) is 2. The van der Waals surface area contributed by atoms with Gasteiger partial charge in [-0.2, -0.15) is 13.2 Å². The molecule has 0 unspecified atom stereocenters. The third-order valence-corrected chi connectivity index (χ3v) is 4.94. The maximum Gasteiger partial charge on any atom is 0.417 e. The average Bonchev–Trinajstić information content (AvgIpc) is 2.84. The van der Waals surface area contributed by atoms with Gasteiger partial charge in [0.15, 0.2) is 5.82 Å². The van der Waals surface area contributed by atoms with Crippen molar-refractivity contribution in [2.45, 2.75) is 6.18 Å². The van der Waals surface area contributed by atoms with Crippen molar-refractivity contribution in [3.63, 3.8) is 0 Å². The molecule has 2 aromatic carbocycles. The molecule has 4 aromatic rings. The molecule has 0 atom stereocenters. The molecule has 0 spiro atoms. The lowest BCUT2D eigenvalue weighted by Crippen LogP contribution is -2.26. The van der Waals surface area contributed by atoms with Crippen molar-refractivity contribution in [3.8, 4) is 0 Å². The van der Waals surface area contributed by atoms with Gasteiger partial charge < -0.3 is 5.32 Å². The minimum absolute atomic E-state index is 0.178. The van der Waals surface area contributed by atoms with Crippen LogP contribution in [0, 0.1) is 10.1 Å². The van der Waals surface area contributed by atoms with Crippen molar-refractivity contribution in [2.75, 3.05) is 15.8 Å². The molecule has 0 amide bonds. The highest BCUT2D eigenvalue weighted by atomic mass is 35.5. The Bertz CT molecular complexity index is 1300. The van der Waals surface area contributed by atoms with Crippen molar-refractivity contribution in [1.29, 1.82) is 0 Å². The fraction of sp³-hybridized carbons (Fsp3) is 0.0455. The van der Waals surface area contributed by atoms with E-state index >= 15 is 0 Å². The van der Waals surface area contributed by atoms with E-state index in [0.717, 1.165) is 6.33 Å². The fourth-order valence-corrected chi connectivity index (χ4v) is 3.27. The molecule has 178 valence electrons. The summed E-state index contributed by atoms with van der Waals surface area (Å²) in [5, 5.41) is 15.7. The van der Waals surface area contributed by atoms with Crippen molar-refractivity contribution < 1.29 is 18.1 Å². The fourth-order valence-electron chi connectivity index (χ4n) is 3.06. The molecule has 2 N–H and O–H groups in total. The molecule has 0 bridgehead atoms.